The number of para-hydroxylation sites is 5. The van der Waals surface area contributed by atoms with Crippen molar-refractivity contribution in [3.05, 3.63) is 211 Å². The quantitative estimate of drug-likeness (QED) is 0.163. The average Bonchev–Trinajstić information content (AvgIpc) is 3.92. The number of benzene rings is 8. The van der Waals surface area contributed by atoms with Crippen LogP contribution in [0, 0.1) is 5.92 Å². The first-order chi connectivity index (χ1) is 30.0. The van der Waals surface area contributed by atoms with Crippen molar-refractivity contribution < 1.29 is 0 Å². The Labute approximate surface area is 354 Å². The van der Waals surface area contributed by atoms with Gasteiger partial charge in [0.2, 0.25) is 0 Å². The molecule has 2 aliphatic carbocycles. The summed E-state index contributed by atoms with van der Waals surface area (Å²) in [6.07, 6.45) is 9.30. The zero-order valence-electron chi connectivity index (χ0n) is 34.0. The van der Waals surface area contributed by atoms with Gasteiger partial charge in [-0.3, -0.25) is 0 Å². The van der Waals surface area contributed by atoms with Gasteiger partial charge in [-0.2, -0.15) is 0 Å². The fraction of sp³-hybridized carbons (Fsp3) is 0.0862. The molecule has 3 heteroatoms. The number of rotatable bonds is 4. The van der Waals surface area contributed by atoms with Crippen LogP contribution in [0.4, 0.5) is 0 Å². The van der Waals surface area contributed by atoms with E-state index in [1.165, 1.54) is 70.9 Å². The van der Waals surface area contributed by atoms with Crippen molar-refractivity contribution in [1.82, 2.24) is 14.1 Å². The van der Waals surface area contributed by atoms with Gasteiger partial charge >= 0.3 is 0 Å². The number of pyridine rings is 1. The van der Waals surface area contributed by atoms with E-state index in [-0.39, 0.29) is 5.41 Å². The number of hydrogen-bond donors (Lipinski definition) is 0. The highest BCUT2D eigenvalue weighted by Gasteiger charge is 2.45. The van der Waals surface area contributed by atoms with Crippen LogP contribution < -0.4 is 0 Å². The molecule has 3 nitrogen and oxygen atoms in total. The SMILES string of the molecule is CC1(C)c2ccc3c(-c4ccc(-c5cc(-n6c7ccccc7c7ccccc76)cc(-n6c7ccccc7c7ccccc76)c5)cc4)nc4ccccc4c3c2C2C=CC=CC21. The van der Waals surface area contributed by atoms with Gasteiger partial charge in [0.1, 0.15) is 0 Å². The van der Waals surface area contributed by atoms with E-state index in [2.05, 4.69) is 223 Å². The molecular weight excluding hydrogens is 739 g/mol. The van der Waals surface area contributed by atoms with Gasteiger partial charge in [0.25, 0.3) is 0 Å². The van der Waals surface area contributed by atoms with Gasteiger partial charge in [0, 0.05) is 55.2 Å². The highest BCUT2D eigenvalue weighted by Crippen LogP contribution is 2.56. The summed E-state index contributed by atoms with van der Waals surface area (Å²) in [5, 5.41) is 8.80. The van der Waals surface area contributed by atoms with Crippen molar-refractivity contribution in [2.75, 3.05) is 0 Å². The van der Waals surface area contributed by atoms with Crippen LogP contribution in [0.1, 0.15) is 30.9 Å². The maximum atomic E-state index is 5.41. The molecule has 2 aliphatic rings. The molecular formula is C58H41N3. The van der Waals surface area contributed by atoms with E-state index in [0.29, 0.717) is 11.8 Å². The lowest BCUT2D eigenvalue weighted by atomic mass is 9.74. The maximum Gasteiger partial charge on any atom is 0.0788 e. The summed E-state index contributed by atoms with van der Waals surface area (Å²) < 4.78 is 4.87. The van der Waals surface area contributed by atoms with Crippen molar-refractivity contribution in [3.63, 3.8) is 0 Å². The molecule has 0 saturated heterocycles. The minimum absolute atomic E-state index is 0.0352. The summed E-state index contributed by atoms with van der Waals surface area (Å²) in [6.45, 7) is 4.83. The largest absolute Gasteiger partial charge is 0.309 e. The molecule has 2 unspecified atom stereocenters. The molecule has 0 aliphatic heterocycles. The Morgan fingerprint density at radius 1 is 0.443 bits per heavy atom. The second-order valence-corrected chi connectivity index (χ2v) is 17.5. The van der Waals surface area contributed by atoms with E-state index in [1.807, 2.05) is 0 Å². The van der Waals surface area contributed by atoms with Crippen molar-refractivity contribution in [1.29, 1.82) is 0 Å². The van der Waals surface area contributed by atoms with Crippen LogP contribution in [-0.4, -0.2) is 14.1 Å². The fourth-order valence-corrected chi connectivity index (χ4v) is 11.2. The first-order valence-corrected chi connectivity index (χ1v) is 21.5. The zero-order valence-corrected chi connectivity index (χ0v) is 34.0. The molecule has 3 heterocycles. The van der Waals surface area contributed by atoms with Crippen LogP contribution in [-0.2, 0) is 5.41 Å². The number of hydrogen-bond acceptors (Lipinski definition) is 1. The molecule has 3 aromatic heterocycles. The summed E-state index contributed by atoms with van der Waals surface area (Å²) in [6, 6.07) is 64.8. The van der Waals surface area contributed by atoms with Gasteiger partial charge in [0.05, 0.1) is 33.3 Å². The Morgan fingerprint density at radius 3 is 1.51 bits per heavy atom. The summed E-state index contributed by atoms with van der Waals surface area (Å²) in [4.78, 5) is 5.41. The van der Waals surface area contributed by atoms with Gasteiger partial charge in [-0.15, -0.1) is 0 Å². The normalized spacial score (nSPS) is 16.7. The first-order valence-electron chi connectivity index (χ1n) is 21.5. The minimum Gasteiger partial charge on any atom is -0.309 e. The van der Waals surface area contributed by atoms with Crippen molar-refractivity contribution in [3.8, 4) is 33.8 Å². The summed E-state index contributed by atoms with van der Waals surface area (Å²) in [5.41, 5.74) is 15.5. The lowest BCUT2D eigenvalue weighted by Gasteiger charge is -2.29. The predicted molar refractivity (Wildman–Crippen MR) is 256 cm³/mol. The third kappa shape index (κ3) is 4.89. The van der Waals surface area contributed by atoms with Crippen LogP contribution in [0.5, 0.6) is 0 Å². The molecule has 2 atom stereocenters. The second kappa shape index (κ2) is 12.8. The summed E-state index contributed by atoms with van der Waals surface area (Å²) >= 11 is 0. The molecule has 8 aromatic carbocycles. The van der Waals surface area contributed by atoms with Crippen LogP contribution in [0.15, 0.2) is 200 Å². The lowest BCUT2D eigenvalue weighted by molar-refractivity contribution is 0.394. The van der Waals surface area contributed by atoms with Gasteiger partial charge in [0.15, 0.2) is 0 Å². The number of nitrogens with zero attached hydrogens (tertiary/aromatic N) is 3. The lowest BCUT2D eigenvalue weighted by Crippen LogP contribution is -2.24. The molecule has 13 rings (SSSR count). The van der Waals surface area contributed by atoms with Crippen LogP contribution in [0.25, 0.3) is 99.0 Å². The van der Waals surface area contributed by atoms with Crippen molar-refractivity contribution >= 4 is 65.3 Å². The molecule has 0 saturated carbocycles. The van der Waals surface area contributed by atoms with Gasteiger partial charge in [-0.25, -0.2) is 4.98 Å². The van der Waals surface area contributed by atoms with Crippen LogP contribution >= 0.6 is 0 Å². The van der Waals surface area contributed by atoms with E-state index < -0.39 is 0 Å². The molecule has 0 fully saturated rings. The Bertz CT molecular complexity index is 3450. The van der Waals surface area contributed by atoms with Crippen LogP contribution in [0.3, 0.4) is 0 Å². The molecule has 0 N–H and O–H groups in total. The van der Waals surface area contributed by atoms with Gasteiger partial charge < -0.3 is 9.13 Å². The molecule has 0 amide bonds. The Hall–Kier alpha value is -7.49. The highest BCUT2D eigenvalue weighted by atomic mass is 15.0. The first kappa shape index (κ1) is 34.4. The van der Waals surface area contributed by atoms with E-state index >= 15 is 0 Å². The monoisotopic (exact) mass is 779 g/mol. The van der Waals surface area contributed by atoms with Crippen LogP contribution in [0.2, 0.25) is 0 Å². The van der Waals surface area contributed by atoms with Gasteiger partial charge in [-0.1, -0.05) is 166 Å². The standard InChI is InChI=1S/C58H41N3/c1-58(2)48-21-9-3-19-45(48)56-49(58)32-31-47-55(56)46-20-4-10-22-50(46)59-57(47)37-29-27-36(28-30-37)38-33-39(60-51-23-11-5-15-41(51)42-16-6-12-24-52(42)60)35-40(34-38)61-53-25-13-7-17-43(53)44-18-8-14-26-54(44)61/h3-35,45,48H,1-2H3. The van der Waals surface area contributed by atoms with E-state index in [1.54, 1.807) is 0 Å². The third-order valence-corrected chi connectivity index (χ3v) is 14.0. The summed E-state index contributed by atoms with van der Waals surface area (Å²) in [7, 11) is 0. The molecule has 11 aromatic rings. The zero-order chi connectivity index (χ0) is 40.4. The Kier molecular flexibility index (Phi) is 7.19. The number of fused-ring (bicyclic) bond motifs is 13. The molecule has 288 valence electrons. The topological polar surface area (TPSA) is 22.8 Å². The maximum absolute atomic E-state index is 5.41. The van der Waals surface area contributed by atoms with Crippen molar-refractivity contribution in [2.45, 2.75) is 25.2 Å². The number of aromatic nitrogens is 3. The fourth-order valence-electron chi connectivity index (χ4n) is 11.2. The van der Waals surface area contributed by atoms with Crippen molar-refractivity contribution in [2.24, 2.45) is 5.92 Å². The molecule has 0 bridgehead atoms. The molecule has 61 heavy (non-hydrogen) atoms. The van der Waals surface area contributed by atoms with E-state index in [4.69, 9.17) is 4.98 Å². The third-order valence-electron chi connectivity index (χ3n) is 14.0. The second-order valence-electron chi connectivity index (χ2n) is 17.5. The minimum atomic E-state index is 0.0352. The highest BCUT2D eigenvalue weighted by molar-refractivity contribution is 6.14. The Morgan fingerprint density at radius 2 is 0.934 bits per heavy atom. The molecule has 0 radical (unpaired) electrons. The molecule has 0 spiro atoms. The summed E-state index contributed by atoms with van der Waals surface area (Å²) in [5.74, 6) is 0.767. The van der Waals surface area contributed by atoms with E-state index in [0.717, 1.165) is 39.3 Å². The Balaban J connectivity index is 1.03. The van der Waals surface area contributed by atoms with E-state index in [9.17, 15) is 0 Å². The average molecular weight is 780 g/mol. The number of allylic oxidation sites excluding steroid dienone is 4. The van der Waals surface area contributed by atoms with Gasteiger partial charge in [-0.05, 0) is 87.5 Å². The predicted octanol–water partition coefficient (Wildman–Crippen LogP) is 15.0. The smallest absolute Gasteiger partial charge is 0.0788 e.